The number of nitro benzene ring substituents is 1. The van der Waals surface area contributed by atoms with Gasteiger partial charge in [-0.1, -0.05) is 29.8 Å². The van der Waals surface area contributed by atoms with Gasteiger partial charge in [-0.2, -0.15) is 0 Å². The lowest BCUT2D eigenvalue weighted by atomic mass is 10.2. The van der Waals surface area contributed by atoms with Gasteiger partial charge in [0.1, 0.15) is 5.69 Å². The summed E-state index contributed by atoms with van der Waals surface area (Å²) in [5.74, 6) is -0.509. The number of anilines is 1. The second-order valence-electron chi connectivity index (χ2n) is 3.83. The Labute approximate surface area is 127 Å². The Morgan fingerprint density at radius 1 is 1.20 bits per heavy atom. The number of amides is 1. The van der Waals surface area contributed by atoms with Crippen LogP contribution in [0.15, 0.2) is 46.9 Å². The van der Waals surface area contributed by atoms with Crippen LogP contribution in [0.25, 0.3) is 0 Å². The van der Waals surface area contributed by atoms with Crippen LogP contribution in [0.3, 0.4) is 0 Å². The molecular formula is C13H8BrClN2O3. The molecule has 20 heavy (non-hydrogen) atoms. The minimum Gasteiger partial charge on any atom is -0.316 e. The summed E-state index contributed by atoms with van der Waals surface area (Å²) in [6.45, 7) is 0. The van der Waals surface area contributed by atoms with E-state index in [9.17, 15) is 14.9 Å². The highest BCUT2D eigenvalue weighted by atomic mass is 79.9. The van der Waals surface area contributed by atoms with E-state index in [1.807, 2.05) is 0 Å². The lowest BCUT2D eigenvalue weighted by Gasteiger charge is -2.08. The minimum absolute atomic E-state index is 0.124. The average molecular weight is 356 g/mol. The normalized spacial score (nSPS) is 10.1. The van der Waals surface area contributed by atoms with Crippen molar-refractivity contribution in [3.05, 3.63) is 67.6 Å². The van der Waals surface area contributed by atoms with Gasteiger partial charge < -0.3 is 5.32 Å². The summed E-state index contributed by atoms with van der Waals surface area (Å²) >= 11 is 9.23. The number of halogens is 2. The van der Waals surface area contributed by atoms with Gasteiger partial charge in [0, 0.05) is 10.5 Å². The number of nitrogens with zero attached hydrogens (tertiary/aromatic N) is 1. The summed E-state index contributed by atoms with van der Waals surface area (Å²) in [5, 5.41) is 13.6. The molecule has 1 N–H and O–H groups in total. The smallest absolute Gasteiger partial charge is 0.292 e. The molecule has 2 aromatic rings. The Balaban J connectivity index is 2.33. The molecule has 0 radical (unpaired) electrons. The van der Waals surface area contributed by atoms with Gasteiger partial charge in [-0.25, -0.2) is 0 Å². The molecule has 0 bridgehead atoms. The van der Waals surface area contributed by atoms with Crippen molar-refractivity contribution < 1.29 is 9.72 Å². The molecule has 1 amide bonds. The molecule has 0 saturated heterocycles. The molecule has 5 nitrogen and oxygen atoms in total. The number of carbonyl (C=O) groups is 1. The van der Waals surface area contributed by atoms with Crippen molar-refractivity contribution in [3.8, 4) is 0 Å². The monoisotopic (exact) mass is 354 g/mol. The highest BCUT2D eigenvalue weighted by molar-refractivity contribution is 9.10. The highest BCUT2D eigenvalue weighted by Crippen LogP contribution is 2.28. The molecule has 102 valence electrons. The lowest BCUT2D eigenvalue weighted by molar-refractivity contribution is -0.383. The SMILES string of the molecule is O=C(Nc1ccccc1[N+](=O)[O-])c1cccc(Br)c1Cl. The molecular weight excluding hydrogens is 348 g/mol. The van der Waals surface area contributed by atoms with Crippen LogP contribution in [-0.2, 0) is 0 Å². The number of nitro groups is 1. The zero-order valence-electron chi connectivity index (χ0n) is 9.97. The number of nitrogens with one attached hydrogen (secondary N) is 1. The fourth-order valence-corrected chi connectivity index (χ4v) is 2.19. The maximum atomic E-state index is 12.1. The number of hydrogen-bond acceptors (Lipinski definition) is 3. The van der Waals surface area contributed by atoms with Crippen molar-refractivity contribution in [2.75, 3.05) is 5.32 Å². The van der Waals surface area contributed by atoms with Crippen LogP contribution >= 0.6 is 27.5 Å². The van der Waals surface area contributed by atoms with E-state index in [4.69, 9.17) is 11.6 Å². The van der Waals surface area contributed by atoms with E-state index in [2.05, 4.69) is 21.2 Å². The van der Waals surface area contributed by atoms with E-state index in [-0.39, 0.29) is 22.0 Å². The molecule has 0 aromatic heterocycles. The predicted molar refractivity (Wildman–Crippen MR) is 80.2 cm³/mol. The zero-order valence-corrected chi connectivity index (χ0v) is 12.3. The Kier molecular flexibility index (Phi) is 4.36. The van der Waals surface area contributed by atoms with Crippen molar-refractivity contribution in [1.29, 1.82) is 0 Å². The lowest BCUT2D eigenvalue weighted by Crippen LogP contribution is -2.13. The zero-order chi connectivity index (χ0) is 14.7. The van der Waals surface area contributed by atoms with Crippen LogP contribution in [0, 0.1) is 10.1 Å². The number of benzene rings is 2. The largest absolute Gasteiger partial charge is 0.316 e. The standard InChI is InChI=1S/C13H8BrClN2O3/c14-9-5-3-4-8(12(9)15)13(18)16-10-6-1-2-7-11(10)17(19)20/h1-7H,(H,16,18). The first-order valence-electron chi connectivity index (χ1n) is 5.49. The Morgan fingerprint density at radius 3 is 2.60 bits per heavy atom. The van der Waals surface area contributed by atoms with E-state index >= 15 is 0 Å². The van der Waals surface area contributed by atoms with E-state index in [1.54, 1.807) is 18.2 Å². The number of carbonyl (C=O) groups excluding carboxylic acids is 1. The topological polar surface area (TPSA) is 72.2 Å². The number of hydrogen-bond donors (Lipinski definition) is 1. The molecule has 2 rings (SSSR count). The molecule has 0 aliphatic carbocycles. The van der Waals surface area contributed by atoms with Gasteiger partial charge in [-0.3, -0.25) is 14.9 Å². The Morgan fingerprint density at radius 2 is 1.90 bits per heavy atom. The minimum atomic E-state index is -0.557. The molecule has 2 aromatic carbocycles. The fraction of sp³-hybridized carbons (Fsp3) is 0. The van der Waals surface area contributed by atoms with Gasteiger partial charge in [0.2, 0.25) is 0 Å². The fourth-order valence-electron chi connectivity index (χ4n) is 1.61. The third kappa shape index (κ3) is 2.97. The Hall–Kier alpha value is -1.92. The predicted octanol–water partition coefficient (Wildman–Crippen LogP) is 4.26. The first-order chi connectivity index (χ1) is 9.50. The summed E-state index contributed by atoms with van der Waals surface area (Å²) < 4.78 is 0.578. The van der Waals surface area contributed by atoms with Crippen LogP contribution < -0.4 is 5.32 Å². The van der Waals surface area contributed by atoms with Crippen LogP contribution in [0.4, 0.5) is 11.4 Å². The van der Waals surface area contributed by atoms with Gasteiger partial charge in [-0.05, 0) is 34.1 Å². The average Bonchev–Trinajstić information content (AvgIpc) is 2.42. The number of rotatable bonds is 3. The van der Waals surface area contributed by atoms with E-state index < -0.39 is 10.8 Å². The molecule has 0 fully saturated rings. The van der Waals surface area contributed by atoms with Gasteiger partial charge in [0.05, 0.1) is 15.5 Å². The third-order valence-electron chi connectivity index (χ3n) is 2.55. The third-order valence-corrected chi connectivity index (χ3v) is 3.84. The summed E-state index contributed by atoms with van der Waals surface area (Å²) in [7, 11) is 0. The maximum absolute atomic E-state index is 12.1. The molecule has 0 saturated carbocycles. The van der Waals surface area contributed by atoms with Gasteiger partial charge in [-0.15, -0.1) is 0 Å². The highest BCUT2D eigenvalue weighted by Gasteiger charge is 2.17. The molecule has 0 atom stereocenters. The number of para-hydroxylation sites is 2. The summed E-state index contributed by atoms with van der Waals surface area (Å²) in [5.41, 5.74) is 0.185. The van der Waals surface area contributed by atoms with E-state index in [0.29, 0.717) is 4.47 Å². The van der Waals surface area contributed by atoms with Crippen molar-refractivity contribution in [3.63, 3.8) is 0 Å². The van der Waals surface area contributed by atoms with Crippen LogP contribution in [-0.4, -0.2) is 10.8 Å². The first-order valence-corrected chi connectivity index (χ1v) is 6.66. The first kappa shape index (κ1) is 14.5. The molecule has 0 unspecified atom stereocenters. The Bertz CT molecular complexity index is 691. The van der Waals surface area contributed by atoms with Crippen molar-refractivity contribution >= 4 is 44.8 Å². The summed E-state index contributed by atoms with van der Waals surface area (Å²) in [4.78, 5) is 22.4. The summed E-state index contributed by atoms with van der Waals surface area (Å²) in [6.07, 6.45) is 0. The van der Waals surface area contributed by atoms with Crippen LogP contribution in [0.5, 0.6) is 0 Å². The quantitative estimate of drug-likeness (QED) is 0.660. The second-order valence-corrected chi connectivity index (χ2v) is 5.06. The van der Waals surface area contributed by atoms with Gasteiger partial charge in [0.25, 0.3) is 11.6 Å². The van der Waals surface area contributed by atoms with Gasteiger partial charge in [0.15, 0.2) is 0 Å². The second kappa shape index (κ2) is 6.02. The van der Waals surface area contributed by atoms with Crippen LogP contribution in [0.2, 0.25) is 5.02 Å². The van der Waals surface area contributed by atoms with E-state index in [0.717, 1.165) is 0 Å². The van der Waals surface area contributed by atoms with Crippen molar-refractivity contribution in [1.82, 2.24) is 0 Å². The summed E-state index contributed by atoms with van der Waals surface area (Å²) in [6, 6.07) is 10.8. The van der Waals surface area contributed by atoms with Gasteiger partial charge >= 0.3 is 0 Å². The molecule has 0 heterocycles. The van der Waals surface area contributed by atoms with E-state index in [1.165, 1.54) is 24.3 Å². The molecule has 0 spiro atoms. The van der Waals surface area contributed by atoms with Crippen molar-refractivity contribution in [2.45, 2.75) is 0 Å². The maximum Gasteiger partial charge on any atom is 0.292 e. The molecule has 0 aliphatic rings. The molecule has 7 heteroatoms. The van der Waals surface area contributed by atoms with Crippen molar-refractivity contribution in [2.24, 2.45) is 0 Å². The van der Waals surface area contributed by atoms with Crippen LogP contribution in [0.1, 0.15) is 10.4 Å². The molecule has 0 aliphatic heterocycles.